The van der Waals surface area contributed by atoms with Gasteiger partial charge in [-0.05, 0) is 80.1 Å². The summed E-state index contributed by atoms with van der Waals surface area (Å²) in [6.45, 7) is 1.66. The van der Waals surface area contributed by atoms with Gasteiger partial charge in [-0.1, -0.05) is 24.4 Å². The normalized spacial score (nSPS) is 18.5. The Morgan fingerprint density at radius 2 is 1.50 bits per heavy atom. The molecule has 0 aromatic heterocycles. The average Bonchev–Trinajstić information content (AvgIpc) is 3.33. The Morgan fingerprint density at radius 1 is 0.906 bits per heavy atom. The van der Waals surface area contributed by atoms with E-state index in [9.17, 15) is 13.2 Å². The van der Waals surface area contributed by atoms with Crippen LogP contribution in [0.3, 0.4) is 0 Å². The highest BCUT2D eigenvalue weighted by Gasteiger charge is 2.32. The lowest BCUT2D eigenvalue weighted by Crippen LogP contribution is -2.41. The highest BCUT2D eigenvalue weighted by Crippen LogP contribution is 2.27. The zero-order chi connectivity index (χ0) is 22.6. The summed E-state index contributed by atoms with van der Waals surface area (Å²) in [5.74, 6) is 0.510. The molecule has 2 aliphatic rings. The number of nitrogens with zero attached hydrogens (tertiary/aromatic N) is 1. The molecule has 0 unspecified atom stereocenters. The van der Waals surface area contributed by atoms with Gasteiger partial charge in [0.05, 0.1) is 4.90 Å². The molecular formula is C24H30ClN3O3S. The fourth-order valence-electron chi connectivity index (χ4n) is 4.51. The smallest absolute Gasteiger partial charge is 0.243 e. The van der Waals surface area contributed by atoms with Gasteiger partial charge in [0.2, 0.25) is 15.9 Å². The first-order valence-electron chi connectivity index (χ1n) is 11.3. The predicted octanol–water partition coefficient (Wildman–Crippen LogP) is 4.98. The van der Waals surface area contributed by atoms with Crippen LogP contribution in [0.2, 0.25) is 5.02 Å². The van der Waals surface area contributed by atoms with Gasteiger partial charge in [0.15, 0.2) is 0 Å². The van der Waals surface area contributed by atoms with Crippen molar-refractivity contribution in [3.8, 4) is 0 Å². The first-order valence-corrected chi connectivity index (χ1v) is 13.1. The van der Waals surface area contributed by atoms with Crippen molar-refractivity contribution < 1.29 is 13.2 Å². The Labute approximate surface area is 195 Å². The second kappa shape index (κ2) is 10.2. The maximum atomic E-state index is 12.8. The Kier molecular flexibility index (Phi) is 7.38. The summed E-state index contributed by atoms with van der Waals surface area (Å²) < 4.78 is 27.1. The van der Waals surface area contributed by atoms with Crippen LogP contribution in [0.25, 0.3) is 0 Å². The summed E-state index contributed by atoms with van der Waals surface area (Å²) in [5, 5.41) is 6.96. The van der Waals surface area contributed by atoms with E-state index in [4.69, 9.17) is 11.6 Å². The second-order valence-electron chi connectivity index (χ2n) is 8.73. The molecule has 0 radical (unpaired) electrons. The number of nitrogens with one attached hydrogen (secondary N) is 2. The fraction of sp³-hybridized carbons (Fsp3) is 0.458. The molecule has 6 nitrogen and oxygen atoms in total. The van der Waals surface area contributed by atoms with Crippen molar-refractivity contribution in [3.05, 3.63) is 53.6 Å². The zero-order valence-corrected chi connectivity index (χ0v) is 19.7. The van der Waals surface area contributed by atoms with Crippen molar-refractivity contribution in [2.75, 3.05) is 30.3 Å². The highest BCUT2D eigenvalue weighted by molar-refractivity contribution is 7.89. The number of piperidine rings is 1. The van der Waals surface area contributed by atoms with E-state index in [2.05, 4.69) is 10.6 Å². The molecule has 172 valence electrons. The molecule has 2 aromatic rings. The molecule has 2 fully saturated rings. The Hall–Kier alpha value is -2.09. The lowest BCUT2D eigenvalue weighted by atomic mass is 9.97. The summed E-state index contributed by atoms with van der Waals surface area (Å²) in [4.78, 5) is 12.9. The molecule has 4 rings (SSSR count). The molecule has 8 heteroatoms. The van der Waals surface area contributed by atoms with Crippen LogP contribution in [-0.2, 0) is 14.8 Å². The molecule has 1 saturated heterocycles. The first-order chi connectivity index (χ1) is 15.4. The van der Waals surface area contributed by atoms with E-state index in [1.807, 2.05) is 24.3 Å². The van der Waals surface area contributed by atoms with Gasteiger partial charge in [0.25, 0.3) is 0 Å². The van der Waals surface area contributed by atoms with Crippen LogP contribution in [0, 0.1) is 11.8 Å². The van der Waals surface area contributed by atoms with Crippen molar-refractivity contribution >= 4 is 38.9 Å². The van der Waals surface area contributed by atoms with Crippen LogP contribution >= 0.6 is 11.6 Å². The van der Waals surface area contributed by atoms with Crippen molar-refractivity contribution in [3.63, 3.8) is 0 Å². The molecular weight excluding hydrogens is 446 g/mol. The Balaban J connectivity index is 1.26. The number of carbonyl (C=O) groups is 1. The molecule has 1 aliphatic carbocycles. The van der Waals surface area contributed by atoms with Gasteiger partial charge in [-0.25, -0.2) is 8.42 Å². The van der Waals surface area contributed by atoms with E-state index in [1.54, 1.807) is 12.1 Å². The van der Waals surface area contributed by atoms with Crippen LogP contribution < -0.4 is 10.6 Å². The SMILES string of the molecule is O=C(Nc1ccc(NCC2CCCC2)cc1)C1CCN(S(=O)(=O)c2ccc(Cl)cc2)CC1. The molecule has 1 saturated carbocycles. The van der Waals surface area contributed by atoms with Crippen molar-refractivity contribution in [1.82, 2.24) is 4.31 Å². The van der Waals surface area contributed by atoms with Crippen LogP contribution in [0.1, 0.15) is 38.5 Å². The van der Waals surface area contributed by atoms with E-state index in [1.165, 1.54) is 42.1 Å². The third kappa shape index (κ3) is 5.63. The molecule has 0 atom stereocenters. The van der Waals surface area contributed by atoms with Crippen molar-refractivity contribution in [2.45, 2.75) is 43.4 Å². The summed E-state index contributed by atoms with van der Waals surface area (Å²) >= 11 is 5.86. The minimum absolute atomic E-state index is 0.0554. The lowest BCUT2D eigenvalue weighted by Gasteiger charge is -2.30. The van der Waals surface area contributed by atoms with Gasteiger partial charge >= 0.3 is 0 Å². The number of benzene rings is 2. The largest absolute Gasteiger partial charge is 0.385 e. The molecule has 0 bridgehead atoms. The van der Waals surface area contributed by atoms with Crippen molar-refractivity contribution in [2.24, 2.45) is 11.8 Å². The fourth-order valence-corrected chi connectivity index (χ4v) is 6.10. The minimum Gasteiger partial charge on any atom is -0.385 e. The van der Waals surface area contributed by atoms with Gasteiger partial charge in [-0.3, -0.25) is 4.79 Å². The standard InChI is InChI=1S/C24H30ClN3O3S/c25-20-5-11-23(12-6-20)32(30,31)28-15-13-19(14-16-28)24(29)27-22-9-7-21(8-10-22)26-17-18-3-1-2-4-18/h5-12,18-19,26H,1-4,13-17H2,(H,27,29). The summed E-state index contributed by atoms with van der Waals surface area (Å²) in [5.41, 5.74) is 1.83. The van der Waals surface area contributed by atoms with Gasteiger partial charge in [-0.2, -0.15) is 4.31 Å². The lowest BCUT2D eigenvalue weighted by molar-refractivity contribution is -0.120. The van der Waals surface area contributed by atoms with E-state index in [0.717, 1.165) is 23.8 Å². The maximum absolute atomic E-state index is 12.8. The van der Waals surface area contributed by atoms with E-state index in [-0.39, 0.29) is 16.7 Å². The van der Waals surface area contributed by atoms with Crippen LogP contribution in [0.15, 0.2) is 53.4 Å². The molecule has 2 N–H and O–H groups in total. The summed E-state index contributed by atoms with van der Waals surface area (Å²) in [6.07, 6.45) is 6.29. The molecule has 1 heterocycles. The van der Waals surface area contributed by atoms with E-state index in [0.29, 0.717) is 31.0 Å². The molecule has 2 aromatic carbocycles. The number of sulfonamides is 1. The maximum Gasteiger partial charge on any atom is 0.243 e. The molecule has 1 aliphatic heterocycles. The highest BCUT2D eigenvalue weighted by atomic mass is 35.5. The van der Waals surface area contributed by atoms with Crippen molar-refractivity contribution in [1.29, 1.82) is 0 Å². The van der Waals surface area contributed by atoms with Crippen LogP contribution in [0.5, 0.6) is 0 Å². The Morgan fingerprint density at radius 3 is 2.12 bits per heavy atom. The minimum atomic E-state index is -3.57. The van der Waals surface area contributed by atoms with E-state index < -0.39 is 10.0 Å². The monoisotopic (exact) mass is 475 g/mol. The predicted molar refractivity (Wildman–Crippen MR) is 128 cm³/mol. The van der Waals surface area contributed by atoms with Gasteiger partial charge in [0, 0.05) is 41.9 Å². The quantitative estimate of drug-likeness (QED) is 0.591. The van der Waals surface area contributed by atoms with Gasteiger partial charge in [0.1, 0.15) is 0 Å². The average molecular weight is 476 g/mol. The number of amides is 1. The van der Waals surface area contributed by atoms with Crippen LogP contribution in [-0.4, -0.2) is 38.3 Å². The number of carbonyl (C=O) groups excluding carboxylic acids is 1. The second-order valence-corrected chi connectivity index (χ2v) is 11.1. The van der Waals surface area contributed by atoms with E-state index >= 15 is 0 Å². The zero-order valence-electron chi connectivity index (χ0n) is 18.1. The number of anilines is 2. The van der Waals surface area contributed by atoms with Gasteiger partial charge < -0.3 is 10.6 Å². The van der Waals surface area contributed by atoms with Gasteiger partial charge in [-0.15, -0.1) is 0 Å². The Bertz CT molecular complexity index is 1010. The number of hydrogen-bond donors (Lipinski definition) is 2. The number of halogens is 1. The molecule has 1 amide bonds. The molecule has 0 spiro atoms. The number of rotatable bonds is 7. The molecule has 32 heavy (non-hydrogen) atoms. The number of hydrogen-bond acceptors (Lipinski definition) is 4. The van der Waals surface area contributed by atoms with Crippen LogP contribution in [0.4, 0.5) is 11.4 Å². The third-order valence-electron chi connectivity index (χ3n) is 6.50. The topological polar surface area (TPSA) is 78.5 Å². The summed E-state index contributed by atoms with van der Waals surface area (Å²) in [7, 11) is -3.57. The summed E-state index contributed by atoms with van der Waals surface area (Å²) in [6, 6.07) is 14.0. The third-order valence-corrected chi connectivity index (χ3v) is 8.66. The first kappa shape index (κ1) is 23.1.